The molecule has 1 aromatic rings. The number of rotatable bonds is 2. The van der Waals surface area contributed by atoms with Gasteiger partial charge in [0.05, 0.1) is 4.90 Å². The highest BCUT2D eigenvalue weighted by Gasteiger charge is 2.33. The van der Waals surface area contributed by atoms with Crippen LogP contribution in [-0.2, 0) is 14.7 Å². The molecule has 0 bridgehead atoms. The SMILES string of the molecule is CO/N=C1\CS(=O)(=O)c2cc(C(=O)N=C(N)N)c(C)cc21. The number of carbonyl (C=O) groups is 1. The number of nitrogens with zero attached hydrogens (tertiary/aromatic N) is 2. The van der Waals surface area contributed by atoms with E-state index in [1.807, 2.05) is 0 Å². The van der Waals surface area contributed by atoms with E-state index in [1.54, 1.807) is 13.0 Å². The second-order valence-electron chi connectivity index (χ2n) is 4.48. The molecule has 1 aromatic carbocycles. The van der Waals surface area contributed by atoms with Crippen LogP contribution in [-0.4, -0.2) is 38.9 Å². The Morgan fingerprint density at radius 3 is 2.57 bits per heavy atom. The molecular weight excluding hydrogens is 296 g/mol. The van der Waals surface area contributed by atoms with Gasteiger partial charge in [0.15, 0.2) is 15.8 Å². The summed E-state index contributed by atoms with van der Waals surface area (Å²) in [7, 11) is -2.22. The van der Waals surface area contributed by atoms with Gasteiger partial charge in [-0.2, -0.15) is 4.99 Å². The van der Waals surface area contributed by atoms with E-state index < -0.39 is 15.7 Å². The maximum absolute atomic E-state index is 12.1. The molecule has 0 saturated heterocycles. The Balaban J connectivity index is 2.66. The third kappa shape index (κ3) is 2.72. The average molecular weight is 310 g/mol. The third-order valence-corrected chi connectivity index (χ3v) is 4.62. The summed E-state index contributed by atoms with van der Waals surface area (Å²) in [5.74, 6) is -1.35. The molecule has 0 aromatic heterocycles. The first-order valence-corrected chi connectivity index (χ1v) is 7.53. The fourth-order valence-corrected chi connectivity index (χ4v) is 3.63. The van der Waals surface area contributed by atoms with Gasteiger partial charge in [-0.05, 0) is 24.6 Å². The molecule has 8 nitrogen and oxygen atoms in total. The van der Waals surface area contributed by atoms with Crippen LogP contribution in [0.15, 0.2) is 27.2 Å². The fraction of sp³-hybridized carbons (Fsp3) is 0.250. The van der Waals surface area contributed by atoms with Crippen molar-refractivity contribution in [3.63, 3.8) is 0 Å². The van der Waals surface area contributed by atoms with Crippen molar-refractivity contribution in [2.24, 2.45) is 21.6 Å². The van der Waals surface area contributed by atoms with Crippen molar-refractivity contribution >= 4 is 27.4 Å². The maximum Gasteiger partial charge on any atom is 0.280 e. The average Bonchev–Trinajstić information content (AvgIpc) is 2.59. The molecule has 0 aliphatic carbocycles. The number of fused-ring (bicyclic) bond motifs is 1. The fourth-order valence-electron chi connectivity index (χ4n) is 2.10. The summed E-state index contributed by atoms with van der Waals surface area (Å²) in [6.45, 7) is 1.66. The van der Waals surface area contributed by atoms with Crippen molar-refractivity contribution in [3.8, 4) is 0 Å². The Morgan fingerprint density at radius 2 is 2.00 bits per heavy atom. The van der Waals surface area contributed by atoms with E-state index in [2.05, 4.69) is 15.0 Å². The normalized spacial score (nSPS) is 17.3. The minimum absolute atomic E-state index is 0.0260. The molecule has 2 rings (SSSR count). The van der Waals surface area contributed by atoms with Crippen LogP contribution in [0.25, 0.3) is 0 Å². The van der Waals surface area contributed by atoms with Gasteiger partial charge in [-0.3, -0.25) is 4.79 Å². The molecule has 0 unspecified atom stereocenters. The summed E-state index contributed by atoms with van der Waals surface area (Å²) < 4.78 is 24.2. The quantitative estimate of drug-likeness (QED) is 0.431. The molecule has 1 amide bonds. The molecule has 112 valence electrons. The molecule has 21 heavy (non-hydrogen) atoms. The summed E-state index contributed by atoms with van der Waals surface area (Å²) in [6, 6.07) is 2.83. The Kier molecular flexibility index (Phi) is 3.69. The van der Waals surface area contributed by atoms with Gasteiger partial charge in [-0.1, -0.05) is 5.16 Å². The van der Waals surface area contributed by atoms with Gasteiger partial charge in [0.25, 0.3) is 5.91 Å². The highest BCUT2D eigenvalue weighted by atomic mass is 32.2. The largest absolute Gasteiger partial charge is 0.399 e. The van der Waals surface area contributed by atoms with Gasteiger partial charge < -0.3 is 16.3 Å². The van der Waals surface area contributed by atoms with Crippen molar-refractivity contribution in [3.05, 3.63) is 28.8 Å². The van der Waals surface area contributed by atoms with Gasteiger partial charge in [0.2, 0.25) is 0 Å². The number of amides is 1. The molecule has 0 radical (unpaired) electrons. The zero-order chi connectivity index (χ0) is 15.8. The second-order valence-corrected chi connectivity index (χ2v) is 6.44. The van der Waals surface area contributed by atoms with E-state index in [4.69, 9.17) is 11.5 Å². The number of oxime groups is 1. The van der Waals surface area contributed by atoms with Gasteiger partial charge >= 0.3 is 0 Å². The lowest BCUT2D eigenvalue weighted by Gasteiger charge is -2.06. The maximum atomic E-state index is 12.1. The lowest BCUT2D eigenvalue weighted by molar-refractivity contribution is 0.100. The molecule has 1 aliphatic rings. The van der Waals surface area contributed by atoms with E-state index >= 15 is 0 Å². The number of aryl methyl sites for hydroxylation is 1. The molecule has 9 heteroatoms. The van der Waals surface area contributed by atoms with Crippen LogP contribution in [0.3, 0.4) is 0 Å². The van der Waals surface area contributed by atoms with Crippen LogP contribution in [0.1, 0.15) is 21.5 Å². The van der Waals surface area contributed by atoms with Crippen molar-refractivity contribution in [2.75, 3.05) is 12.9 Å². The number of nitrogens with two attached hydrogens (primary N) is 2. The van der Waals surface area contributed by atoms with Gasteiger partial charge in [0.1, 0.15) is 18.6 Å². The van der Waals surface area contributed by atoms with Crippen molar-refractivity contribution in [1.82, 2.24) is 0 Å². The Labute approximate surface area is 121 Å². The van der Waals surface area contributed by atoms with Crippen LogP contribution in [0, 0.1) is 6.92 Å². The summed E-state index contributed by atoms with van der Waals surface area (Å²) in [4.78, 5) is 20.0. The standard InChI is InChI=1S/C12H14N4O4S/c1-6-3-8-9(16-20-2)5-21(18,19)10(8)4-7(6)11(17)15-12(13)14/h3-4H,5H2,1-2H3,(H4,13,14,15,17)/b16-9+. The number of hydrogen-bond donors (Lipinski definition) is 2. The van der Waals surface area contributed by atoms with Gasteiger partial charge in [-0.15, -0.1) is 0 Å². The smallest absolute Gasteiger partial charge is 0.280 e. The molecule has 0 spiro atoms. The zero-order valence-corrected chi connectivity index (χ0v) is 12.3. The highest BCUT2D eigenvalue weighted by Crippen LogP contribution is 2.29. The topological polar surface area (TPSA) is 137 Å². The number of aliphatic imine (C=N–C) groups is 1. The van der Waals surface area contributed by atoms with Gasteiger partial charge in [0, 0.05) is 11.1 Å². The molecule has 4 N–H and O–H groups in total. The summed E-state index contributed by atoms with van der Waals surface area (Å²) in [5, 5.41) is 3.71. The van der Waals surface area contributed by atoms with Crippen LogP contribution >= 0.6 is 0 Å². The highest BCUT2D eigenvalue weighted by molar-refractivity contribution is 7.92. The summed E-state index contributed by atoms with van der Waals surface area (Å²) in [6.07, 6.45) is 0. The molecule has 1 aliphatic heterocycles. The van der Waals surface area contributed by atoms with Gasteiger partial charge in [-0.25, -0.2) is 8.42 Å². The van der Waals surface area contributed by atoms with Crippen molar-refractivity contribution < 1.29 is 18.0 Å². The monoisotopic (exact) mass is 310 g/mol. The molecule has 1 heterocycles. The lowest BCUT2D eigenvalue weighted by atomic mass is 10.0. The minimum Gasteiger partial charge on any atom is -0.399 e. The lowest BCUT2D eigenvalue weighted by Crippen LogP contribution is -2.24. The number of benzene rings is 1. The predicted octanol–water partition coefficient (Wildman–Crippen LogP) is -0.454. The number of carbonyl (C=O) groups excluding carboxylic acids is 1. The van der Waals surface area contributed by atoms with E-state index in [9.17, 15) is 13.2 Å². The third-order valence-electron chi connectivity index (χ3n) is 2.96. The molecule has 0 atom stereocenters. The van der Waals surface area contributed by atoms with Crippen molar-refractivity contribution in [1.29, 1.82) is 0 Å². The molecular formula is C12H14N4O4S. The number of sulfone groups is 1. The zero-order valence-electron chi connectivity index (χ0n) is 11.5. The van der Waals surface area contributed by atoms with E-state index in [1.165, 1.54) is 13.2 Å². The van der Waals surface area contributed by atoms with Crippen LogP contribution < -0.4 is 11.5 Å². The first-order valence-electron chi connectivity index (χ1n) is 5.88. The van der Waals surface area contributed by atoms with Crippen LogP contribution in [0.5, 0.6) is 0 Å². The predicted molar refractivity (Wildman–Crippen MR) is 76.9 cm³/mol. The summed E-state index contributed by atoms with van der Waals surface area (Å²) in [5.41, 5.74) is 11.7. The van der Waals surface area contributed by atoms with Crippen LogP contribution in [0.2, 0.25) is 0 Å². The van der Waals surface area contributed by atoms with E-state index in [0.717, 1.165) is 0 Å². The second kappa shape index (κ2) is 5.17. The minimum atomic E-state index is -3.55. The first kappa shape index (κ1) is 15.0. The van der Waals surface area contributed by atoms with Crippen molar-refractivity contribution in [2.45, 2.75) is 11.8 Å². The number of hydrogen-bond acceptors (Lipinski definition) is 5. The number of guanidine groups is 1. The Hall–Kier alpha value is -2.42. The van der Waals surface area contributed by atoms with E-state index in [0.29, 0.717) is 16.8 Å². The first-order chi connectivity index (χ1) is 9.76. The Morgan fingerprint density at radius 1 is 1.33 bits per heavy atom. The van der Waals surface area contributed by atoms with E-state index in [-0.39, 0.29) is 22.2 Å². The molecule has 0 saturated carbocycles. The summed E-state index contributed by atoms with van der Waals surface area (Å²) >= 11 is 0. The molecule has 0 fully saturated rings. The Bertz CT molecular complexity index is 777. The van der Waals surface area contributed by atoms with Crippen LogP contribution in [0.4, 0.5) is 0 Å².